The second kappa shape index (κ2) is 4.17. The number of hydrogen-bond acceptors (Lipinski definition) is 4. The first-order chi connectivity index (χ1) is 7.16. The van der Waals surface area contributed by atoms with Crippen LogP contribution in [0.15, 0.2) is 20.5 Å². The Labute approximate surface area is 101 Å². The Kier molecular flexibility index (Phi) is 3.44. The molecule has 0 saturated heterocycles. The molecule has 0 bridgehead atoms. The van der Waals surface area contributed by atoms with Crippen LogP contribution in [0, 0.1) is 10.8 Å². The highest BCUT2D eigenvalue weighted by molar-refractivity contribution is 7.91. The fourth-order valence-corrected chi connectivity index (χ4v) is 2.63. The fourth-order valence-electron chi connectivity index (χ4n) is 1.22. The van der Waals surface area contributed by atoms with Gasteiger partial charge < -0.3 is 11.1 Å². The monoisotopic (exact) mass is 283 g/mol. The molecule has 1 aliphatic carbocycles. The van der Waals surface area contributed by atoms with Gasteiger partial charge in [-0.05, 0) is 0 Å². The zero-order valence-electron chi connectivity index (χ0n) is 7.71. The van der Waals surface area contributed by atoms with Gasteiger partial charge in [0.15, 0.2) is 0 Å². The van der Waals surface area contributed by atoms with E-state index in [9.17, 15) is 8.42 Å². The van der Waals surface area contributed by atoms with E-state index in [1.807, 2.05) is 0 Å². The molecule has 0 aromatic heterocycles. The summed E-state index contributed by atoms with van der Waals surface area (Å²) >= 11 is 11.4. The van der Waals surface area contributed by atoms with Crippen molar-refractivity contribution in [2.75, 3.05) is 0 Å². The van der Waals surface area contributed by atoms with Crippen LogP contribution in [0.4, 0.5) is 0 Å². The van der Waals surface area contributed by atoms with Crippen molar-refractivity contribution < 1.29 is 13.0 Å². The van der Waals surface area contributed by atoms with Crippen LogP contribution < -0.4 is 5.73 Å². The second-order valence-corrected chi connectivity index (χ2v) is 5.16. The van der Waals surface area contributed by atoms with Gasteiger partial charge in [0.2, 0.25) is 0 Å². The molecule has 0 aromatic rings. The van der Waals surface area contributed by atoms with Crippen molar-refractivity contribution in [1.82, 2.24) is 0 Å². The average Bonchev–Trinajstić information content (AvgIpc) is 2.07. The average molecular weight is 284 g/mol. The number of halogens is 2. The smallest absolute Gasteiger partial charge is 0.297 e. The van der Waals surface area contributed by atoms with E-state index in [0.29, 0.717) is 0 Å². The van der Waals surface area contributed by atoms with Crippen LogP contribution in [-0.4, -0.2) is 24.5 Å². The minimum absolute atomic E-state index is 0.00395. The molecular weight excluding hydrogens is 277 g/mol. The van der Waals surface area contributed by atoms with Gasteiger partial charge in [-0.1, -0.05) is 23.2 Å². The van der Waals surface area contributed by atoms with Gasteiger partial charge in [-0.3, -0.25) is 9.96 Å². The van der Waals surface area contributed by atoms with E-state index in [-0.39, 0.29) is 16.5 Å². The lowest BCUT2D eigenvalue weighted by Crippen LogP contribution is -2.26. The molecule has 88 valence electrons. The predicted octanol–water partition coefficient (Wildman–Crippen LogP) is 1.18. The van der Waals surface area contributed by atoms with Crippen molar-refractivity contribution in [2.45, 2.75) is 6.42 Å². The number of amidine groups is 1. The van der Waals surface area contributed by atoms with Crippen molar-refractivity contribution in [3.05, 3.63) is 20.5 Å². The maximum atomic E-state index is 11.0. The molecule has 0 atom stereocenters. The van der Waals surface area contributed by atoms with E-state index < -0.39 is 32.1 Å². The summed E-state index contributed by atoms with van der Waals surface area (Å²) in [5, 5.41) is 14.4. The highest BCUT2D eigenvalue weighted by atomic mass is 35.5. The first-order valence-corrected chi connectivity index (χ1v) is 6.04. The number of nitrogens with one attached hydrogen (secondary N) is 2. The largest absolute Gasteiger partial charge is 0.384 e. The summed E-state index contributed by atoms with van der Waals surface area (Å²) in [4.78, 5) is -0.769. The Morgan fingerprint density at radius 3 is 2.31 bits per heavy atom. The van der Waals surface area contributed by atoms with Crippen molar-refractivity contribution in [1.29, 1.82) is 10.8 Å². The van der Waals surface area contributed by atoms with Crippen molar-refractivity contribution >= 4 is 44.9 Å². The van der Waals surface area contributed by atoms with Gasteiger partial charge in [-0.25, -0.2) is 0 Å². The molecular formula is C7H7Cl2N3O3S. The Hall–Kier alpha value is -0.890. The molecule has 0 saturated carbocycles. The lowest BCUT2D eigenvalue weighted by molar-refractivity contribution is 0.492. The molecule has 5 N–H and O–H groups in total. The standard InChI is InChI=1S/C7H7Cl2N3O3S/c8-2-1-3(10)6(16(13,14)15)4(5(2)9)7(11)12/h10H,1H2,(H3,11,12)(H,13,14,15). The van der Waals surface area contributed by atoms with Crippen molar-refractivity contribution in [2.24, 2.45) is 5.73 Å². The summed E-state index contributed by atoms with van der Waals surface area (Å²) in [5.41, 5.74) is 4.25. The Bertz CT molecular complexity index is 547. The van der Waals surface area contributed by atoms with Gasteiger partial charge in [0, 0.05) is 11.5 Å². The number of rotatable bonds is 2. The van der Waals surface area contributed by atoms with E-state index in [1.165, 1.54) is 0 Å². The molecule has 0 amide bonds. The van der Waals surface area contributed by atoms with E-state index in [4.69, 9.17) is 44.3 Å². The summed E-state index contributed by atoms with van der Waals surface area (Å²) in [5.74, 6) is -0.680. The van der Waals surface area contributed by atoms with Gasteiger partial charge >= 0.3 is 0 Å². The lowest BCUT2D eigenvalue weighted by Gasteiger charge is -2.18. The molecule has 1 aliphatic rings. The Morgan fingerprint density at radius 2 is 1.94 bits per heavy atom. The molecule has 9 heteroatoms. The summed E-state index contributed by atoms with van der Waals surface area (Å²) in [6.07, 6.45) is -0.230. The summed E-state index contributed by atoms with van der Waals surface area (Å²) in [7, 11) is -4.67. The van der Waals surface area contributed by atoms with Crippen LogP contribution in [-0.2, 0) is 10.1 Å². The second-order valence-electron chi connectivity index (χ2n) is 2.97. The van der Waals surface area contributed by atoms with Gasteiger partial charge in [0.25, 0.3) is 10.1 Å². The summed E-state index contributed by atoms with van der Waals surface area (Å²) in [6, 6.07) is 0. The topological polar surface area (TPSA) is 128 Å². The Balaban J connectivity index is 3.69. The minimum Gasteiger partial charge on any atom is -0.384 e. The zero-order chi connectivity index (χ0) is 12.7. The van der Waals surface area contributed by atoms with Gasteiger partial charge in [-0.2, -0.15) is 8.42 Å². The zero-order valence-corrected chi connectivity index (χ0v) is 10.0. The summed E-state index contributed by atoms with van der Waals surface area (Å²) in [6.45, 7) is 0. The van der Waals surface area contributed by atoms with Crippen LogP contribution in [0.5, 0.6) is 0 Å². The predicted molar refractivity (Wildman–Crippen MR) is 61.6 cm³/mol. The molecule has 6 nitrogen and oxygen atoms in total. The van der Waals surface area contributed by atoms with Gasteiger partial charge in [0.05, 0.1) is 16.3 Å². The molecule has 1 rings (SSSR count). The van der Waals surface area contributed by atoms with E-state index >= 15 is 0 Å². The maximum absolute atomic E-state index is 11.0. The van der Waals surface area contributed by atoms with Gasteiger partial charge in [0.1, 0.15) is 10.7 Å². The number of hydrogen-bond donors (Lipinski definition) is 4. The first kappa shape index (κ1) is 13.2. The number of allylic oxidation sites excluding steroid dienone is 2. The lowest BCUT2D eigenvalue weighted by atomic mass is 10.0. The SMILES string of the molecule is N=C(N)C1=C(S(=O)(=O)O)C(=N)CC(Cl)=C1Cl. The normalized spacial score (nSPS) is 18.1. The fraction of sp³-hybridized carbons (Fsp3) is 0.143. The molecule has 0 radical (unpaired) electrons. The first-order valence-electron chi connectivity index (χ1n) is 3.84. The van der Waals surface area contributed by atoms with E-state index in [2.05, 4.69) is 0 Å². The third-order valence-corrected chi connectivity index (χ3v) is 3.62. The molecule has 0 fully saturated rings. The van der Waals surface area contributed by atoms with E-state index in [1.54, 1.807) is 0 Å². The minimum atomic E-state index is -4.67. The quantitative estimate of drug-likeness (QED) is 0.344. The molecule has 16 heavy (non-hydrogen) atoms. The molecule has 0 aromatic carbocycles. The molecule has 0 heterocycles. The van der Waals surface area contributed by atoms with Gasteiger partial charge in [-0.15, -0.1) is 0 Å². The van der Waals surface area contributed by atoms with Crippen LogP contribution in [0.3, 0.4) is 0 Å². The molecule has 0 unspecified atom stereocenters. The third kappa shape index (κ3) is 2.27. The van der Waals surface area contributed by atoms with Crippen LogP contribution in [0.2, 0.25) is 0 Å². The van der Waals surface area contributed by atoms with Crippen LogP contribution in [0.25, 0.3) is 0 Å². The molecule has 0 spiro atoms. The summed E-state index contributed by atoms with van der Waals surface area (Å²) < 4.78 is 31.0. The maximum Gasteiger partial charge on any atom is 0.297 e. The third-order valence-electron chi connectivity index (χ3n) is 1.82. The van der Waals surface area contributed by atoms with E-state index in [0.717, 1.165) is 0 Å². The highest BCUT2D eigenvalue weighted by Gasteiger charge is 2.32. The van der Waals surface area contributed by atoms with Crippen LogP contribution >= 0.6 is 23.2 Å². The molecule has 0 aliphatic heterocycles. The van der Waals surface area contributed by atoms with Crippen molar-refractivity contribution in [3.8, 4) is 0 Å². The van der Waals surface area contributed by atoms with Crippen LogP contribution in [0.1, 0.15) is 6.42 Å². The van der Waals surface area contributed by atoms with Crippen molar-refractivity contribution in [3.63, 3.8) is 0 Å². The highest BCUT2D eigenvalue weighted by Crippen LogP contribution is 2.34. The Morgan fingerprint density at radius 1 is 1.44 bits per heavy atom. The number of nitrogens with two attached hydrogens (primary N) is 1.